The molecule has 3 rings (SSSR count). The molecule has 1 fully saturated rings. The molecule has 0 spiro atoms. The predicted octanol–water partition coefficient (Wildman–Crippen LogP) is 2.61. The molecule has 0 bridgehead atoms. The van der Waals surface area contributed by atoms with Gasteiger partial charge in [-0.25, -0.2) is 4.98 Å². The molecular formula is C13H14N2O2. The smallest absolute Gasteiger partial charge is 0.222 e. The molecular weight excluding hydrogens is 216 g/mol. The molecule has 1 aliphatic rings. The van der Waals surface area contributed by atoms with Crippen molar-refractivity contribution in [2.75, 3.05) is 7.11 Å². The third-order valence-corrected chi connectivity index (χ3v) is 3.37. The standard InChI is InChI=1S/C13H14N2O2/c1-17-9-5-6-10-11(7-9)14-12(15-13(10)16)8-3-2-4-8/h5-8H,2-4H2,1H3,(H,14,15,16). The highest BCUT2D eigenvalue weighted by Gasteiger charge is 2.23. The summed E-state index contributed by atoms with van der Waals surface area (Å²) in [4.78, 5) is 8.70. The quantitative estimate of drug-likeness (QED) is 0.861. The minimum absolute atomic E-state index is 0.0690. The minimum atomic E-state index is 0.0690. The maximum atomic E-state index is 9.89. The first-order valence-corrected chi connectivity index (χ1v) is 5.82. The van der Waals surface area contributed by atoms with Crippen molar-refractivity contribution in [1.29, 1.82) is 0 Å². The maximum Gasteiger partial charge on any atom is 0.222 e. The summed E-state index contributed by atoms with van der Waals surface area (Å²) in [6.45, 7) is 0. The van der Waals surface area contributed by atoms with Crippen molar-refractivity contribution in [1.82, 2.24) is 9.97 Å². The molecule has 1 aliphatic carbocycles. The summed E-state index contributed by atoms with van der Waals surface area (Å²) in [5.74, 6) is 1.99. The Morgan fingerprint density at radius 1 is 1.29 bits per heavy atom. The van der Waals surface area contributed by atoms with E-state index in [1.54, 1.807) is 19.2 Å². The maximum absolute atomic E-state index is 9.89. The second-order valence-corrected chi connectivity index (χ2v) is 4.42. The number of aromatic hydroxyl groups is 1. The van der Waals surface area contributed by atoms with Crippen molar-refractivity contribution in [2.24, 2.45) is 0 Å². The lowest BCUT2D eigenvalue weighted by molar-refractivity contribution is 0.390. The van der Waals surface area contributed by atoms with E-state index in [1.807, 2.05) is 6.07 Å². The van der Waals surface area contributed by atoms with Gasteiger partial charge in [-0.2, -0.15) is 4.98 Å². The fourth-order valence-electron chi connectivity index (χ4n) is 2.09. The third-order valence-electron chi connectivity index (χ3n) is 3.37. The van der Waals surface area contributed by atoms with Crippen LogP contribution in [-0.4, -0.2) is 22.2 Å². The van der Waals surface area contributed by atoms with E-state index in [0.717, 1.165) is 29.9 Å². The normalized spacial score (nSPS) is 15.8. The van der Waals surface area contributed by atoms with Crippen molar-refractivity contribution >= 4 is 10.9 Å². The molecule has 0 unspecified atom stereocenters. The second kappa shape index (κ2) is 3.87. The van der Waals surface area contributed by atoms with Gasteiger partial charge in [-0.3, -0.25) is 0 Å². The molecule has 1 aromatic carbocycles. The number of hydrogen-bond donors (Lipinski definition) is 1. The van der Waals surface area contributed by atoms with Gasteiger partial charge in [0.25, 0.3) is 0 Å². The zero-order valence-electron chi connectivity index (χ0n) is 9.68. The monoisotopic (exact) mass is 230 g/mol. The van der Waals surface area contributed by atoms with E-state index in [9.17, 15) is 5.11 Å². The summed E-state index contributed by atoms with van der Waals surface area (Å²) >= 11 is 0. The first kappa shape index (κ1) is 10.3. The molecule has 0 saturated heterocycles. The van der Waals surface area contributed by atoms with E-state index in [4.69, 9.17) is 4.74 Å². The molecule has 1 saturated carbocycles. The highest BCUT2D eigenvalue weighted by molar-refractivity contribution is 5.84. The number of ether oxygens (including phenoxy) is 1. The topological polar surface area (TPSA) is 55.2 Å². The van der Waals surface area contributed by atoms with Crippen LogP contribution in [0.25, 0.3) is 10.9 Å². The van der Waals surface area contributed by atoms with Gasteiger partial charge in [-0.15, -0.1) is 0 Å². The minimum Gasteiger partial charge on any atom is -0.497 e. The van der Waals surface area contributed by atoms with Gasteiger partial charge in [0.2, 0.25) is 5.88 Å². The van der Waals surface area contributed by atoms with Gasteiger partial charge in [-0.05, 0) is 25.0 Å². The van der Waals surface area contributed by atoms with E-state index in [1.165, 1.54) is 6.42 Å². The molecule has 1 N–H and O–H groups in total. The number of aromatic nitrogens is 2. The highest BCUT2D eigenvalue weighted by Crippen LogP contribution is 2.36. The third kappa shape index (κ3) is 1.69. The van der Waals surface area contributed by atoms with Crippen LogP contribution >= 0.6 is 0 Å². The van der Waals surface area contributed by atoms with Gasteiger partial charge in [0.1, 0.15) is 11.6 Å². The van der Waals surface area contributed by atoms with Crippen molar-refractivity contribution in [3.05, 3.63) is 24.0 Å². The predicted molar refractivity (Wildman–Crippen MR) is 64.3 cm³/mol. The summed E-state index contributed by atoms with van der Waals surface area (Å²) in [5.41, 5.74) is 0.749. The first-order valence-electron chi connectivity index (χ1n) is 5.82. The van der Waals surface area contributed by atoms with E-state index in [2.05, 4.69) is 9.97 Å². The van der Waals surface area contributed by atoms with Gasteiger partial charge in [-0.1, -0.05) is 6.42 Å². The summed E-state index contributed by atoms with van der Waals surface area (Å²) in [6.07, 6.45) is 3.47. The van der Waals surface area contributed by atoms with Crippen molar-refractivity contribution < 1.29 is 9.84 Å². The largest absolute Gasteiger partial charge is 0.497 e. The van der Waals surface area contributed by atoms with Gasteiger partial charge in [0.05, 0.1) is 18.0 Å². The molecule has 4 nitrogen and oxygen atoms in total. The Morgan fingerprint density at radius 3 is 2.76 bits per heavy atom. The lowest BCUT2D eigenvalue weighted by Crippen LogP contribution is -2.12. The summed E-state index contributed by atoms with van der Waals surface area (Å²) in [5, 5.41) is 10.6. The van der Waals surface area contributed by atoms with Crippen LogP contribution < -0.4 is 4.74 Å². The molecule has 1 heterocycles. The van der Waals surface area contributed by atoms with Gasteiger partial charge in [0, 0.05) is 12.0 Å². The average molecular weight is 230 g/mol. The van der Waals surface area contributed by atoms with Crippen LogP contribution in [0, 0.1) is 0 Å². The Labute approximate surface area is 99.3 Å². The van der Waals surface area contributed by atoms with Crippen LogP contribution in [0.3, 0.4) is 0 Å². The van der Waals surface area contributed by atoms with E-state index >= 15 is 0 Å². The van der Waals surface area contributed by atoms with Crippen molar-refractivity contribution in [3.8, 4) is 11.6 Å². The van der Waals surface area contributed by atoms with Crippen LogP contribution in [0.5, 0.6) is 11.6 Å². The van der Waals surface area contributed by atoms with Crippen LogP contribution in [0.15, 0.2) is 18.2 Å². The Kier molecular flexibility index (Phi) is 2.35. The molecule has 0 amide bonds. The molecule has 2 aromatic rings. The Hall–Kier alpha value is -1.84. The van der Waals surface area contributed by atoms with Gasteiger partial charge in [0.15, 0.2) is 0 Å². The molecule has 0 atom stereocenters. The lowest BCUT2D eigenvalue weighted by atomic mass is 9.85. The average Bonchev–Trinajstić information content (AvgIpc) is 2.26. The number of rotatable bonds is 2. The summed E-state index contributed by atoms with van der Waals surface area (Å²) in [7, 11) is 1.62. The Balaban J connectivity index is 2.14. The molecule has 4 heteroatoms. The summed E-state index contributed by atoms with van der Waals surface area (Å²) < 4.78 is 5.16. The number of methoxy groups -OCH3 is 1. The number of fused-ring (bicyclic) bond motifs is 1. The number of nitrogens with zero attached hydrogens (tertiary/aromatic N) is 2. The van der Waals surface area contributed by atoms with E-state index < -0.39 is 0 Å². The van der Waals surface area contributed by atoms with Gasteiger partial charge < -0.3 is 9.84 Å². The van der Waals surface area contributed by atoms with Crippen molar-refractivity contribution in [2.45, 2.75) is 25.2 Å². The second-order valence-electron chi connectivity index (χ2n) is 4.42. The SMILES string of the molecule is COc1ccc2c(O)nc(C3CCC3)nc2c1. The molecule has 0 aliphatic heterocycles. The van der Waals surface area contributed by atoms with Crippen molar-refractivity contribution in [3.63, 3.8) is 0 Å². The van der Waals surface area contributed by atoms with Gasteiger partial charge >= 0.3 is 0 Å². The number of hydrogen-bond acceptors (Lipinski definition) is 4. The highest BCUT2D eigenvalue weighted by atomic mass is 16.5. The van der Waals surface area contributed by atoms with Crippen LogP contribution in [0.4, 0.5) is 0 Å². The Bertz CT molecular complexity index is 565. The fraction of sp³-hybridized carbons (Fsp3) is 0.385. The Morgan fingerprint density at radius 2 is 2.12 bits per heavy atom. The lowest BCUT2D eigenvalue weighted by Gasteiger charge is -2.23. The molecule has 17 heavy (non-hydrogen) atoms. The van der Waals surface area contributed by atoms with E-state index in [-0.39, 0.29) is 5.88 Å². The number of benzene rings is 1. The fourth-order valence-corrected chi connectivity index (χ4v) is 2.09. The van der Waals surface area contributed by atoms with E-state index in [0.29, 0.717) is 11.3 Å². The van der Waals surface area contributed by atoms with Crippen LogP contribution in [0.1, 0.15) is 31.0 Å². The molecule has 1 aromatic heterocycles. The first-order chi connectivity index (χ1) is 8.28. The molecule has 0 radical (unpaired) electrons. The zero-order chi connectivity index (χ0) is 11.8. The summed E-state index contributed by atoms with van der Waals surface area (Å²) in [6, 6.07) is 5.42. The zero-order valence-corrected chi connectivity index (χ0v) is 9.68. The molecule has 88 valence electrons. The van der Waals surface area contributed by atoms with Crippen LogP contribution in [-0.2, 0) is 0 Å². The van der Waals surface area contributed by atoms with Crippen LogP contribution in [0.2, 0.25) is 0 Å².